The largest absolute Gasteiger partial charge is 0.477 e. The van der Waals surface area contributed by atoms with Crippen LogP contribution in [0.3, 0.4) is 0 Å². The summed E-state index contributed by atoms with van der Waals surface area (Å²) in [4.78, 5) is 27.5. The van der Waals surface area contributed by atoms with Crippen LogP contribution in [-0.2, 0) is 11.3 Å². The Labute approximate surface area is 217 Å². The van der Waals surface area contributed by atoms with Crippen LogP contribution in [0.4, 0.5) is 11.4 Å². The summed E-state index contributed by atoms with van der Waals surface area (Å²) in [6.07, 6.45) is 1.48. The number of carboxylic acid groups (broad SMARTS) is 1. The number of aromatic nitrogens is 3. The van der Waals surface area contributed by atoms with E-state index >= 15 is 0 Å². The van der Waals surface area contributed by atoms with Crippen LogP contribution >= 0.6 is 23.4 Å². The second-order valence-electron chi connectivity index (χ2n) is 8.26. The molecule has 1 aromatic heterocycles. The minimum atomic E-state index is -1.16. The first-order valence-corrected chi connectivity index (χ1v) is 12.5. The summed E-state index contributed by atoms with van der Waals surface area (Å²) in [5.74, 6) is -0.565. The lowest BCUT2D eigenvalue weighted by atomic mass is 10.1. The minimum Gasteiger partial charge on any atom is -0.477 e. The molecule has 0 atom stereocenters. The van der Waals surface area contributed by atoms with E-state index in [0.717, 1.165) is 49.2 Å². The molecule has 36 heavy (non-hydrogen) atoms. The van der Waals surface area contributed by atoms with Crippen LogP contribution in [0.1, 0.15) is 12.5 Å². The fourth-order valence-electron chi connectivity index (χ4n) is 3.94. The van der Waals surface area contributed by atoms with Crippen LogP contribution in [0.5, 0.6) is 0 Å². The van der Waals surface area contributed by atoms with Crippen molar-refractivity contribution in [3.63, 3.8) is 0 Å². The van der Waals surface area contributed by atoms with E-state index in [1.54, 1.807) is 18.2 Å². The Bertz CT molecular complexity index is 1300. The third-order valence-electron chi connectivity index (χ3n) is 5.90. The molecule has 0 amide bonds. The van der Waals surface area contributed by atoms with Crippen molar-refractivity contribution in [2.24, 2.45) is 0 Å². The Morgan fingerprint density at radius 2 is 1.86 bits per heavy atom. The molecule has 1 aliphatic heterocycles. The van der Waals surface area contributed by atoms with Crippen molar-refractivity contribution in [3.05, 3.63) is 68.1 Å². The maximum atomic E-state index is 12.3. The van der Waals surface area contributed by atoms with Gasteiger partial charge in [0.25, 0.3) is 5.69 Å². The van der Waals surface area contributed by atoms with Crippen molar-refractivity contribution in [1.82, 2.24) is 19.7 Å². The molecular formula is C24H25ClN6O4S. The van der Waals surface area contributed by atoms with Gasteiger partial charge in [-0.25, -0.2) is 4.79 Å². The number of halogens is 1. The molecule has 2 aromatic carbocycles. The predicted molar refractivity (Wildman–Crippen MR) is 140 cm³/mol. The first kappa shape index (κ1) is 25.7. The van der Waals surface area contributed by atoms with Crippen LogP contribution in [0.2, 0.25) is 5.02 Å². The van der Waals surface area contributed by atoms with Crippen LogP contribution in [0.15, 0.2) is 52.5 Å². The lowest BCUT2D eigenvalue weighted by Crippen LogP contribution is -2.44. The molecule has 0 aliphatic carbocycles. The molecule has 1 aliphatic rings. The first-order valence-electron chi connectivity index (χ1n) is 11.3. The Balaban J connectivity index is 1.72. The topological polar surface area (TPSA) is 118 Å². The van der Waals surface area contributed by atoms with Crippen molar-refractivity contribution >= 4 is 46.8 Å². The number of anilines is 1. The van der Waals surface area contributed by atoms with Gasteiger partial charge in [-0.15, -0.1) is 10.2 Å². The van der Waals surface area contributed by atoms with E-state index in [0.29, 0.717) is 28.1 Å². The number of likely N-dealkylation sites (N-methyl/N-ethyl adjacent to an activating group) is 1. The fraction of sp³-hybridized carbons (Fsp3) is 0.292. The van der Waals surface area contributed by atoms with E-state index in [1.165, 1.54) is 18.2 Å². The Kier molecular flexibility index (Phi) is 7.92. The quantitative estimate of drug-likeness (QED) is 0.195. The Morgan fingerprint density at radius 1 is 1.17 bits per heavy atom. The Hall–Kier alpha value is -3.41. The lowest BCUT2D eigenvalue weighted by Gasteiger charge is -2.34. The third kappa shape index (κ3) is 5.69. The van der Waals surface area contributed by atoms with Crippen molar-refractivity contribution in [2.75, 3.05) is 38.1 Å². The number of nitro groups is 1. The van der Waals surface area contributed by atoms with E-state index in [-0.39, 0.29) is 10.6 Å². The van der Waals surface area contributed by atoms with Crippen LogP contribution in [0.25, 0.3) is 17.5 Å². The van der Waals surface area contributed by atoms with Crippen LogP contribution in [-0.4, -0.2) is 68.9 Å². The molecule has 1 N–H and O–H groups in total. The summed E-state index contributed by atoms with van der Waals surface area (Å²) in [5, 5.41) is 31.0. The van der Waals surface area contributed by atoms with Gasteiger partial charge >= 0.3 is 5.97 Å². The maximum absolute atomic E-state index is 12.3. The highest BCUT2D eigenvalue weighted by Gasteiger charge is 2.22. The molecule has 0 bridgehead atoms. The molecule has 12 heteroatoms. The van der Waals surface area contributed by atoms with Gasteiger partial charge in [-0.1, -0.05) is 11.6 Å². The number of benzene rings is 2. The van der Waals surface area contributed by atoms with Gasteiger partial charge in [-0.3, -0.25) is 10.1 Å². The normalized spacial score (nSPS) is 14.8. The van der Waals surface area contributed by atoms with E-state index in [1.807, 2.05) is 30.7 Å². The van der Waals surface area contributed by atoms with Gasteiger partial charge in [-0.05, 0) is 62.1 Å². The molecular weight excluding hydrogens is 504 g/mol. The van der Waals surface area contributed by atoms with Crippen LogP contribution in [0, 0.1) is 10.1 Å². The first-order chi connectivity index (χ1) is 17.3. The highest BCUT2D eigenvalue weighted by Crippen LogP contribution is 2.34. The van der Waals surface area contributed by atoms with Crippen molar-refractivity contribution in [3.8, 4) is 11.4 Å². The van der Waals surface area contributed by atoms with Crippen LogP contribution < -0.4 is 4.90 Å². The van der Waals surface area contributed by atoms with Gasteiger partial charge < -0.3 is 19.5 Å². The van der Waals surface area contributed by atoms with Gasteiger partial charge in [-0.2, -0.15) is 0 Å². The zero-order chi connectivity index (χ0) is 25.8. The average Bonchev–Trinajstić information content (AvgIpc) is 3.27. The van der Waals surface area contributed by atoms with Gasteiger partial charge in [0, 0.05) is 66.7 Å². The predicted octanol–water partition coefficient (Wildman–Crippen LogP) is 4.50. The summed E-state index contributed by atoms with van der Waals surface area (Å²) >= 11 is 6.96. The van der Waals surface area contributed by atoms with E-state index in [9.17, 15) is 20.0 Å². The summed E-state index contributed by atoms with van der Waals surface area (Å²) < 4.78 is 1.82. The van der Waals surface area contributed by atoms with Crippen molar-refractivity contribution in [1.29, 1.82) is 0 Å². The number of thioether (sulfide) groups is 1. The standard InChI is InChI=1S/C24H25ClN6O4S/c1-3-30-22(16-4-6-18(25)7-5-16)26-27-24(30)36-21(23(32)33)15-17-14-19(31(34)35)8-9-20(17)29-12-10-28(2)11-13-29/h4-9,14-15H,3,10-13H2,1-2H3,(H,32,33)/b21-15+. The number of aliphatic carboxylic acids is 1. The average molecular weight is 529 g/mol. The van der Waals surface area contributed by atoms with Crippen molar-refractivity contribution < 1.29 is 14.8 Å². The summed E-state index contributed by atoms with van der Waals surface area (Å²) in [5.41, 5.74) is 1.93. The summed E-state index contributed by atoms with van der Waals surface area (Å²) in [7, 11) is 2.04. The van der Waals surface area contributed by atoms with Gasteiger partial charge in [0.15, 0.2) is 11.0 Å². The van der Waals surface area contributed by atoms with Crippen molar-refractivity contribution in [2.45, 2.75) is 18.6 Å². The third-order valence-corrected chi connectivity index (χ3v) is 7.15. The highest BCUT2D eigenvalue weighted by molar-refractivity contribution is 8.04. The second-order valence-corrected chi connectivity index (χ2v) is 9.71. The summed E-state index contributed by atoms with van der Waals surface area (Å²) in [6, 6.07) is 11.7. The van der Waals surface area contributed by atoms with E-state index in [4.69, 9.17) is 11.6 Å². The molecule has 4 rings (SSSR count). The zero-order valence-electron chi connectivity index (χ0n) is 19.8. The number of nitro benzene ring substituents is 1. The number of hydrogen-bond donors (Lipinski definition) is 1. The SMILES string of the molecule is CCn1c(S/C(=C/c2cc([N+](=O)[O-])ccc2N2CCN(C)CC2)C(=O)O)nnc1-c1ccc(Cl)cc1. The highest BCUT2D eigenvalue weighted by atomic mass is 35.5. The fourth-order valence-corrected chi connectivity index (χ4v) is 4.95. The number of carbonyl (C=O) groups is 1. The maximum Gasteiger partial charge on any atom is 0.342 e. The second kappa shape index (κ2) is 11.1. The Morgan fingerprint density at radius 3 is 2.47 bits per heavy atom. The number of nitrogens with zero attached hydrogens (tertiary/aromatic N) is 6. The molecule has 188 valence electrons. The van der Waals surface area contributed by atoms with Gasteiger partial charge in [0.2, 0.25) is 0 Å². The molecule has 0 radical (unpaired) electrons. The number of piperazine rings is 1. The molecule has 0 unspecified atom stereocenters. The smallest absolute Gasteiger partial charge is 0.342 e. The molecule has 2 heterocycles. The lowest BCUT2D eigenvalue weighted by molar-refractivity contribution is -0.384. The van der Waals surface area contributed by atoms with E-state index in [2.05, 4.69) is 20.0 Å². The minimum absolute atomic E-state index is 0.0179. The molecule has 1 fully saturated rings. The van der Waals surface area contributed by atoms with Gasteiger partial charge in [0.05, 0.1) is 4.92 Å². The molecule has 1 saturated heterocycles. The van der Waals surface area contributed by atoms with Gasteiger partial charge in [0.1, 0.15) is 4.91 Å². The molecule has 3 aromatic rings. The number of non-ortho nitro benzene ring substituents is 1. The van der Waals surface area contributed by atoms with E-state index < -0.39 is 10.9 Å². The number of carboxylic acids is 1. The number of rotatable bonds is 8. The molecule has 0 spiro atoms. The summed E-state index contributed by atoms with van der Waals surface area (Å²) in [6.45, 7) is 5.59. The zero-order valence-corrected chi connectivity index (χ0v) is 21.4. The number of hydrogen-bond acceptors (Lipinski definition) is 8. The monoisotopic (exact) mass is 528 g/mol. The molecule has 0 saturated carbocycles. The molecule has 10 nitrogen and oxygen atoms in total.